The first-order valence-electron chi connectivity index (χ1n) is 6.93. The molecular weight excluding hydrogens is 272 g/mol. The van der Waals surface area contributed by atoms with Gasteiger partial charge in [-0.2, -0.15) is 5.10 Å². The van der Waals surface area contributed by atoms with E-state index in [0.717, 1.165) is 35.3 Å². The topological polar surface area (TPSA) is 41.9 Å². The van der Waals surface area contributed by atoms with Crippen LogP contribution in [0.1, 0.15) is 19.8 Å². The molecule has 1 aliphatic rings. The Morgan fingerprint density at radius 3 is 2.80 bits per heavy atom. The Morgan fingerprint density at radius 2 is 2.05 bits per heavy atom. The summed E-state index contributed by atoms with van der Waals surface area (Å²) in [5, 5.41) is 9.00. The maximum atomic E-state index is 5.91. The van der Waals surface area contributed by atoms with E-state index < -0.39 is 0 Å². The molecule has 1 atom stereocenters. The molecule has 0 spiro atoms. The summed E-state index contributed by atoms with van der Waals surface area (Å²) < 4.78 is 0. The number of hydrogen-bond acceptors (Lipinski definition) is 4. The van der Waals surface area contributed by atoms with Crippen molar-refractivity contribution in [1.82, 2.24) is 15.2 Å². The van der Waals surface area contributed by atoms with Crippen LogP contribution in [0.4, 0.5) is 5.95 Å². The van der Waals surface area contributed by atoms with Crippen LogP contribution in [0.25, 0.3) is 11.3 Å². The van der Waals surface area contributed by atoms with E-state index in [0.29, 0.717) is 5.92 Å². The van der Waals surface area contributed by atoms with Crippen molar-refractivity contribution in [2.24, 2.45) is 5.92 Å². The molecule has 1 saturated heterocycles. The van der Waals surface area contributed by atoms with E-state index in [9.17, 15) is 0 Å². The quantitative estimate of drug-likeness (QED) is 0.849. The van der Waals surface area contributed by atoms with Gasteiger partial charge in [-0.25, -0.2) is 4.98 Å². The summed E-state index contributed by atoms with van der Waals surface area (Å²) in [6.45, 7) is 4.28. The third-order valence-electron chi connectivity index (χ3n) is 3.63. The first-order valence-corrected chi connectivity index (χ1v) is 7.31. The van der Waals surface area contributed by atoms with Crippen molar-refractivity contribution in [2.75, 3.05) is 18.0 Å². The second-order valence-corrected chi connectivity index (χ2v) is 5.78. The second kappa shape index (κ2) is 5.75. The molecular formula is C15H17ClN4. The maximum absolute atomic E-state index is 5.91. The van der Waals surface area contributed by atoms with Crippen molar-refractivity contribution >= 4 is 17.5 Å². The van der Waals surface area contributed by atoms with Crippen molar-refractivity contribution < 1.29 is 0 Å². The Kier molecular flexibility index (Phi) is 3.83. The van der Waals surface area contributed by atoms with E-state index in [1.807, 2.05) is 24.3 Å². The normalized spacial score (nSPS) is 19.1. The second-order valence-electron chi connectivity index (χ2n) is 5.34. The van der Waals surface area contributed by atoms with Crippen molar-refractivity contribution in [1.29, 1.82) is 0 Å². The lowest BCUT2D eigenvalue weighted by molar-refractivity contribution is 0.441. The van der Waals surface area contributed by atoms with E-state index in [4.69, 9.17) is 11.6 Å². The van der Waals surface area contributed by atoms with Crippen LogP contribution in [0.2, 0.25) is 5.02 Å². The molecule has 3 rings (SSSR count). The molecule has 1 aromatic carbocycles. The van der Waals surface area contributed by atoms with Gasteiger partial charge in [-0.1, -0.05) is 30.7 Å². The molecule has 104 valence electrons. The first kappa shape index (κ1) is 13.3. The fourth-order valence-corrected chi connectivity index (χ4v) is 2.68. The third kappa shape index (κ3) is 2.90. The molecule has 1 unspecified atom stereocenters. The molecule has 1 aromatic heterocycles. The van der Waals surface area contributed by atoms with Crippen LogP contribution in [0.3, 0.4) is 0 Å². The Labute approximate surface area is 123 Å². The van der Waals surface area contributed by atoms with Gasteiger partial charge in [0.05, 0.1) is 11.9 Å². The monoisotopic (exact) mass is 288 g/mol. The zero-order valence-corrected chi connectivity index (χ0v) is 12.2. The summed E-state index contributed by atoms with van der Waals surface area (Å²) >= 11 is 5.91. The molecule has 0 N–H and O–H groups in total. The summed E-state index contributed by atoms with van der Waals surface area (Å²) in [4.78, 5) is 6.86. The van der Waals surface area contributed by atoms with Gasteiger partial charge in [0.2, 0.25) is 5.95 Å². The highest BCUT2D eigenvalue weighted by Crippen LogP contribution is 2.23. The third-order valence-corrected chi connectivity index (χ3v) is 3.88. The lowest BCUT2D eigenvalue weighted by Crippen LogP contribution is -2.35. The summed E-state index contributed by atoms with van der Waals surface area (Å²) in [5.74, 6) is 1.41. The van der Waals surface area contributed by atoms with Crippen LogP contribution in [0.5, 0.6) is 0 Å². The van der Waals surface area contributed by atoms with Gasteiger partial charge in [0, 0.05) is 23.7 Å². The van der Waals surface area contributed by atoms with Gasteiger partial charge in [0.15, 0.2) is 0 Å². The highest BCUT2D eigenvalue weighted by atomic mass is 35.5. The van der Waals surface area contributed by atoms with E-state index in [-0.39, 0.29) is 0 Å². The molecule has 2 heterocycles. The van der Waals surface area contributed by atoms with E-state index in [1.165, 1.54) is 12.8 Å². The molecule has 20 heavy (non-hydrogen) atoms. The Balaban J connectivity index is 1.87. The molecule has 5 heteroatoms. The van der Waals surface area contributed by atoms with Crippen LogP contribution in [0, 0.1) is 5.92 Å². The van der Waals surface area contributed by atoms with Crippen LogP contribution in [-0.4, -0.2) is 28.3 Å². The summed E-state index contributed by atoms with van der Waals surface area (Å²) in [6, 6.07) is 7.63. The van der Waals surface area contributed by atoms with Crippen molar-refractivity contribution in [3.05, 3.63) is 35.5 Å². The molecule has 0 bridgehead atoms. The lowest BCUT2D eigenvalue weighted by atomic mass is 10.0. The van der Waals surface area contributed by atoms with Gasteiger partial charge < -0.3 is 4.90 Å². The number of aromatic nitrogens is 3. The van der Waals surface area contributed by atoms with Crippen LogP contribution in [-0.2, 0) is 0 Å². The Morgan fingerprint density at radius 1 is 1.25 bits per heavy atom. The fourth-order valence-electron chi connectivity index (χ4n) is 2.56. The van der Waals surface area contributed by atoms with E-state index in [2.05, 4.69) is 27.0 Å². The molecule has 0 amide bonds. The van der Waals surface area contributed by atoms with Crippen molar-refractivity contribution in [3.8, 4) is 11.3 Å². The average Bonchev–Trinajstić information content (AvgIpc) is 2.48. The zero-order chi connectivity index (χ0) is 13.9. The largest absolute Gasteiger partial charge is 0.339 e. The number of piperidine rings is 1. The van der Waals surface area contributed by atoms with Gasteiger partial charge in [0.25, 0.3) is 0 Å². The number of halogens is 1. The highest BCUT2D eigenvalue weighted by molar-refractivity contribution is 6.30. The number of nitrogens with zero attached hydrogens (tertiary/aromatic N) is 4. The molecule has 0 saturated carbocycles. The SMILES string of the molecule is CC1CCCN(c2nncc(-c3ccc(Cl)cc3)n2)C1. The molecule has 0 radical (unpaired) electrons. The van der Waals surface area contributed by atoms with Crippen LogP contribution in [0.15, 0.2) is 30.5 Å². The minimum Gasteiger partial charge on any atom is -0.339 e. The summed E-state index contributed by atoms with van der Waals surface area (Å²) in [6.07, 6.45) is 4.16. The molecule has 1 fully saturated rings. The minimum absolute atomic E-state index is 0.687. The smallest absolute Gasteiger partial charge is 0.245 e. The van der Waals surface area contributed by atoms with Gasteiger partial charge in [-0.3, -0.25) is 0 Å². The van der Waals surface area contributed by atoms with Gasteiger partial charge >= 0.3 is 0 Å². The Hall–Kier alpha value is -1.68. The molecule has 4 nitrogen and oxygen atoms in total. The summed E-state index contributed by atoms with van der Waals surface area (Å²) in [7, 11) is 0. The van der Waals surface area contributed by atoms with E-state index in [1.54, 1.807) is 6.20 Å². The van der Waals surface area contributed by atoms with E-state index >= 15 is 0 Å². The average molecular weight is 289 g/mol. The number of anilines is 1. The molecule has 2 aromatic rings. The molecule has 1 aliphatic heterocycles. The maximum Gasteiger partial charge on any atom is 0.245 e. The highest BCUT2D eigenvalue weighted by Gasteiger charge is 2.19. The van der Waals surface area contributed by atoms with Gasteiger partial charge in [-0.15, -0.1) is 5.10 Å². The molecule has 0 aliphatic carbocycles. The Bertz CT molecular complexity index is 585. The minimum atomic E-state index is 0.687. The van der Waals surface area contributed by atoms with Crippen molar-refractivity contribution in [3.63, 3.8) is 0 Å². The van der Waals surface area contributed by atoms with Crippen LogP contribution < -0.4 is 4.90 Å². The van der Waals surface area contributed by atoms with Gasteiger partial charge in [0.1, 0.15) is 0 Å². The summed E-state index contributed by atoms with van der Waals surface area (Å²) in [5.41, 5.74) is 1.85. The first-order chi connectivity index (χ1) is 9.72. The number of benzene rings is 1. The lowest BCUT2D eigenvalue weighted by Gasteiger charge is -2.30. The van der Waals surface area contributed by atoms with Gasteiger partial charge in [-0.05, 0) is 30.9 Å². The zero-order valence-electron chi connectivity index (χ0n) is 11.5. The van der Waals surface area contributed by atoms with Crippen LogP contribution >= 0.6 is 11.6 Å². The predicted octanol–water partition coefficient (Wildman–Crippen LogP) is 3.43. The van der Waals surface area contributed by atoms with Crippen molar-refractivity contribution in [2.45, 2.75) is 19.8 Å². The fraction of sp³-hybridized carbons (Fsp3) is 0.400. The predicted molar refractivity (Wildman–Crippen MR) is 80.9 cm³/mol. The standard InChI is InChI=1S/C15H17ClN4/c1-11-3-2-8-20(10-11)15-18-14(9-17-19-15)12-4-6-13(16)7-5-12/h4-7,9,11H,2-3,8,10H2,1H3. The number of hydrogen-bond donors (Lipinski definition) is 0. The number of rotatable bonds is 2.